The standard InChI is InChI=1S/C16H12FNO3/c17-13-8-9-15(12(11-13)5-4-10-19)18-16(20)21-14-6-2-1-3-7-14/h1-3,6-9,11,19H,10H2,(H,18,20). The van der Waals surface area contributed by atoms with Crippen LogP contribution in [0.4, 0.5) is 14.9 Å². The minimum absolute atomic E-state index is 0.258. The molecule has 0 bridgehead atoms. The van der Waals surface area contributed by atoms with E-state index in [1.807, 2.05) is 0 Å². The number of anilines is 1. The zero-order valence-electron chi connectivity index (χ0n) is 11.0. The van der Waals surface area contributed by atoms with Gasteiger partial charge in [-0.1, -0.05) is 30.0 Å². The molecule has 0 saturated carbocycles. The van der Waals surface area contributed by atoms with Crippen molar-refractivity contribution in [2.45, 2.75) is 0 Å². The van der Waals surface area contributed by atoms with Gasteiger partial charge in [0.2, 0.25) is 0 Å². The molecule has 2 aromatic rings. The number of benzene rings is 2. The summed E-state index contributed by atoms with van der Waals surface area (Å²) >= 11 is 0. The molecule has 0 aliphatic rings. The molecule has 0 aromatic heterocycles. The summed E-state index contributed by atoms with van der Waals surface area (Å²) in [6.07, 6.45) is -0.708. The van der Waals surface area contributed by atoms with Crippen LogP contribution in [0.25, 0.3) is 0 Å². The summed E-state index contributed by atoms with van der Waals surface area (Å²) in [6.45, 7) is -0.357. The molecule has 0 aliphatic heterocycles. The van der Waals surface area contributed by atoms with Crippen LogP contribution >= 0.6 is 0 Å². The first-order valence-corrected chi connectivity index (χ1v) is 6.12. The fourth-order valence-electron chi connectivity index (χ4n) is 1.59. The number of hydrogen-bond donors (Lipinski definition) is 2. The number of para-hydroxylation sites is 1. The second-order valence-corrected chi connectivity index (χ2v) is 3.98. The van der Waals surface area contributed by atoms with Gasteiger partial charge in [0.05, 0.1) is 11.3 Å². The van der Waals surface area contributed by atoms with Crippen LogP contribution in [0, 0.1) is 17.7 Å². The molecule has 0 saturated heterocycles. The quantitative estimate of drug-likeness (QED) is 0.834. The summed E-state index contributed by atoms with van der Waals surface area (Å²) in [5.74, 6) is 4.87. The highest BCUT2D eigenvalue weighted by atomic mass is 19.1. The van der Waals surface area contributed by atoms with E-state index in [1.54, 1.807) is 30.3 Å². The van der Waals surface area contributed by atoms with E-state index < -0.39 is 11.9 Å². The lowest BCUT2D eigenvalue weighted by atomic mass is 10.2. The monoisotopic (exact) mass is 285 g/mol. The van der Waals surface area contributed by atoms with E-state index in [9.17, 15) is 9.18 Å². The Morgan fingerprint density at radius 2 is 2.00 bits per heavy atom. The molecule has 4 nitrogen and oxygen atoms in total. The molecule has 21 heavy (non-hydrogen) atoms. The predicted octanol–water partition coefficient (Wildman–Crippen LogP) is 2.78. The van der Waals surface area contributed by atoms with Gasteiger partial charge in [0.1, 0.15) is 18.2 Å². The summed E-state index contributed by atoms with van der Waals surface area (Å²) < 4.78 is 18.3. The topological polar surface area (TPSA) is 58.6 Å². The summed E-state index contributed by atoms with van der Waals surface area (Å²) in [5, 5.41) is 11.2. The molecule has 1 amide bonds. The molecule has 0 heterocycles. The first-order chi connectivity index (χ1) is 10.2. The number of amides is 1. The molecule has 0 atom stereocenters. The van der Waals surface area contributed by atoms with E-state index in [4.69, 9.17) is 9.84 Å². The Kier molecular flexibility index (Phi) is 4.91. The van der Waals surface area contributed by atoms with Crippen LogP contribution in [0.3, 0.4) is 0 Å². The molecule has 0 unspecified atom stereocenters. The molecule has 2 N–H and O–H groups in total. The molecule has 2 aromatic carbocycles. The van der Waals surface area contributed by atoms with Crippen LogP contribution in [0.1, 0.15) is 5.56 Å². The molecular formula is C16H12FNO3. The van der Waals surface area contributed by atoms with E-state index in [0.717, 1.165) is 0 Å². The summed E-state index contributed by atoms with van der Waals surface area (Å²) in [7, 11) is 0. The average Bonchev–Trinajstić information content (AvgIpc) is 2.48. The van der Waals surface area contributed by atoms with E-state index >= 15 is 0 Å². The molecule has 0 radical (unpaired) electrons. The predicted molar refractivity (Wildman–Crippen MR) is 76.5 cm³/mol. The number of carbonyl (C=O) groups excluding carboxylic acids is 1. The van der Waals surface area contributed by atoms with Gasteiger partial charge >= 0.3 is 6.09 Å². The Morgan fingerprint density at radius 3 is 2.71 bits per heavy atom. The van der Waals surface area contributed by atoms with Crippen LogP contribution in [0.15, 0.2) is 48.5 Å². The Balaban J connectivity index is 2.13. The van der Waals surface area contributed by atoms with Gasteiger partial charge in [-0.05, 0) is 30.3 Å². The maximum absolute atomic E-state index is 13.2. The fourth-order valence-corrected chi connectivity index (χ4v) is 1.59. The Morgan fingerprint density at radius 1 is 1.24 bits per heavy atom. The van der Waals surface area contributed by atoms with Crippen molar-refractivity contribution >= 4 is 11.8 Å². The Labute approximate surface area is 121 Å². The van der Waals surface area contributed by atoms with Crippen molar-refractivity contribution in [2.24, 2.45) is 0 Å². The maximum atomic E-state index is 13.2. The van der Waals surface area contributed by atoms with Crippen molar-refractivity contribution in [1.29, 1.82) is 0 Å². The van der Waals surface area contributed by atoms with E-state index in [1.165, 1.54) is 18.2 Å². The Hall–Kier alpha value is -2.84. The molecule has 2 rings (SSSR count). The van der Waals surface area contributed by atoms with Gasteiger partial charge in [0.25, 0.3) is 0 Å². The van der Waals surface area contributed by atoms with Gasteiger partial charge in [-0.3, -0.25) is 5.32 Å². The zero-order valence-corrected chi connectivity index (χ0v) is 11.0. The number of halogens is 1. The lowest BCUT2D eigenvalue weighted by molar-refractivity contribution is 0.215. The Bertz CT molecular complexity index is 690. The van der Waals surface area contributed by atoms with Crippen LogP contribution in [-0.2, 0) is 0 Å². The van der Waals surface area contributed by atoms with E-state index in [2.05, 4.69) is 17.2 Å². The summed E-state index contributed by atoms with van der Waals surface area (Å²) in [5.41, 5.74) is 0.562. The fraction of sp³-hybridized carbons (Fsp3) is 0.0625. The van der Waals surface area contributed by atoms with E-state index in [0.29, 0.717) is 11.4 Å². The highest BCUT2D eigenvalue weighted by Crippen LogP contribution is 2.17. The number of ether oxygens (including phenoxy) is 1. The van der Waals surface area contributed by atoms with Crippen molar-refractivity contribution in [3.05, 3.63) is 59.9 Å². The van der Waals surface area contributed by atoms with Crippen molar-refractivity contribution in [3.63, 3.8) is 0 Å². The molecule has 5 heteroatoms. The van der Waals surface area contributed by atoms with Crippen LogP contribution in [-0.4, -0.2) is 17.8 Å². The normalized spacial score (nSPS) is 9.43. The van der Waals surface area contributed by atoms with Gasteiger partial charge in [0, 0.05) is 0 Å². The molecule has 0 spiro atoms. The highest BCUT2D eigenvalue weighted by molar-refractivity contribution is 5.88. The van der Waals surface area contributed by atoms with Gasteiger partial charge in [-0.15, -0.1) is 0 Å². The highest BCUT2D eigenvalue weighted by Gasteiger charge is 2.08. The molecular weight excluding hydrogens is 273 g/mol. The summed E-state index contributed by atoms with van der Waals surface area (Å²) in [4.78, 5) is 11.8. The van der Waals surface area contributed by atoms with E-state index in [-0.39, 0.29) is 12.2 Å². The van der Waals surface area contributed by atoms with Crippen LogP contribution in [0.2, 0.25) is 0 Å². The van der Waals surface area contributed by atoms with Crippen LogP contribution in [0.5, 0.6) is 5.75 Å². The number of aliphatic hydroxyl groups excluding tert-OH is 1. The average molecular weight is 285 g/mol. The molecule has 0 aliphatic carbocycles. The smallest absolute Gasteiger partial charge is 0.410 e. The second kappa shape index (κ2) is 7.08. The third-order valence-electron chi connectivity index (χ3n) is 2.47. The minimum Gasteiger partial charge on any atom is -0.410 e. The number of aliphatic hydroxyl groups is 1. The second-order valence-electron chi connectivity index (χ2n) is 3.98. The van der Waals surface area contributed by atoms with Gasteiger partial charge in [-0.2, -0.15) is 0 Å². The summed E-state index contributed by atoms with van der Waals surface area (Å²) in [6, 6.07) is 12.3. The van der Waals surface area contributed by atoms with Crippen molar-refractivity contribution in [1.82, 2.24) is 0 Å². The van der Waals surface area contributed by atoms with Crippen LogP contribution < -0.4 is 10.1 Å². The van der Waals surface area contributed by atoms with Crippen molar-refractivity contribution in [2.75, 3.05) is 11.9 Å². The first kappa shape index (κ1) is 14.6. The van der Waals surface area contributed by atoms with Crippen molar-refractivity contribution < 1.29 is 19.0 Å². The number of carbonyl (C=O) groups is 1. The first-order valence-electron chi connectivity index (χ1n) is 6.12. The van der Waals surface area contributed by atoms with Crippen molar-refractivity contribution in [3.8, 4) is 17.6 Å². The van der Waals surface area contributed by atoms with Gasteiger partial charge < -0.3 is 9.84 Å². The largest absolute Gasteiger partial charge is 0.417 e. The minimum atomic E-state index is -0.708. The lowest BCUT2D eigenvalue weighted by Crippen LogP contribution is -2.17. The SMILES string of the molecule is O=C(Nc1ccc(F)cc1C#CCO)Oc1ccccc1. The zero-order chi connectivity index (χ0) is 15.1. The third kappa shape index (κ3) is 4.34. The maximum Gasteiger partial charge on any atom is 0.417 e. The number of rotatable bonds is 2. The number of nitrogens with one attached hydrogen (secondary N) is 1. The molecule has 106 valence electrons. The number of hydrogen-bond acceptors (Lipinski definition) is 3. The third-order valence-corrected chi connectivity index (χ3v) is 2.47. The lowest BCUT2D eigenvalue weighted by Gasteiger charge is -2.08. The molecule has 0 fully saturated rings. The van der Waals surface area contributed by atoms with Gasteiger partial charge in [-0.25, -0.2) is 9.18 Å². The van der Waals surface area contributed by atoms with Gasteiger partial charge in [0.15, 0.2) is 0 Å².